The number of halogens is 2. The van der Waals surface area contributed by atoms with Crippen molar-refractivity contribution in [3.8, 4) is 0 Å². The standard InChI is InChI=1S/C28H41F2N7O/c1-4-37(38)13-9-25(33-21-7-10-32-11-8-21)24(18-37)28(31)36-12-5-6-19-14-22(20-16-34(2)35(3)17-20)23(27(29)30)15-26(19)36/h14-16,21,27,32H,4-13,17-18H2,1-3H3,(H2,31,33)/p+1. The highest BCUT2D eigenvalue weighted by Crippen LogP contribution is 2.38. The summed E-state index contributed by atoms with van der Waals surface area (Å²) in [6.45, 7) is 6.39. The van der Waals surface area contributed by atoms with Gasteiger partial charge < -0.3 is 25.5 Å². The van der Waals surface area contributed by atoms with Gasteiger partial charge in [0.2, 0.25) is 0 Å². The summed E-state index contributed by atoms with van der Waals surface area (Å²) >= 11 is 0. The molecule has 0 amide bonds. The number of piperidine rings is 1. The lowest BCUT2D eigenvalue weighted by molar-refractivity contribution is -0.875. The van der Waals surface area contributed by atoms with Gasteiger partial charge in [0.25, 0.3) is 12.3 Å². The van der Waals surface area contributed by atoms with Crippen molar-refractivity contribution in [1.29, 1.82) is 0 Å². The zero-order chi connectivity index (χ0) is 27.0. The number of hydrogen-bond donors (Lipinski definition) is 3. The summed E-state index contributed by atoms with van der Waals surface area (Å²) in [4.78, 5) is 0. The molecular weight excluding hydrogens is 488 g/mol. The van der Waals surface area contributed by atoms with E-state index in [1.807, 2.05) is 47.9 Å². The zero-order valence-corrected chi connectivity index (χ0v) is 22.9. The number of likely N-dealkylation sites (N-methyl/N-ethyl adjacent to an activating group) is 2. The van der Waals surface area contributed by atoms with Gasteiger partial charge in [-0.1, -0.05) is 0 Å². The van der Waals surface area contributed by atoms with Crippen molar-refractivity contribution in [3.63, 3.8) is 0 Å². The van der Waals surface area contributed by atoms with Crippen molar-refractivity contribution in [1.82, 2.24) is 20.7 Å². The Balaban J connectivity index is 1.58. The Morgan fingerprint density at radius 3 is 2.68 bits per heavy atom. The summed E-state index contributed by atoms with van der Waals surface area (Å²) < 4.78 is 30.5. The number of quaternary nitrogens is 1. The molecule has 4 aliphatic heterocycles. The molecule has 0 radical (unpaired) electrons. The van der Waals surface area contributed by atoms with Crippen LogP contribution in [0.3, 0.4) is 0 Å². The van der Waals surface area contributed by atoms with Gasteiger partial charge >= 0.3 is 0 Å². The number of aryl methyl sites for hydroxylation is 1. The number of hydrogen-bond acceptors (Lipinski definition) is 5. The van der Waals surface area contributed by atoms with Gasteiger partial charge in [-0.3, -0.25) is 5.73 Å². The number of rotatable bonds is 6. The van der Waals surface area contributed by atoms with E-state index >= 15 is 0 Å². The van der Waals surface area contributed by atoms with Gasteiger partial charge in [-0.25, -0.2) is 18.4 Å². The number of hydroxylamine groups is 3. The van der Waals surface area contributed by atoms with Crippen molar-refractivity contribution in [3.05, 3.63) is 51.5 Å². The highest BCUT2D eigenvalue weighted by Gasteiger charge is 2.35. The van der Waals surface area contributed by atoms with E-state index in [2.05, 4.69) is 10.6 Å². The van der Waals surface area contributed by atoms with Gasteiger partial charge in [0.05, 0.1) is 19.6 Å². The molecule has 208 valence electrons. The van der Waals surface area contributed by atoms with Crippen molar-refractivity contribution in [2.75, 3.05) is 59.9 Å². The summed E-state index contributed by atoms with van der Waals surface area (Å²) in [6, 6.07) is 3.93. The first-order valence-electron chi connectivity index (χ1n) is 14.0. The third-order valence-corrected chi connectivity index (χ3v) is 8.70. The summed E-state index contributed by atoms with van der Waals surface area (Å²) in [6.07, 6.45) is 3.70. The molecule has 1 atom stereocenters. The molecule has 1 fully saturated rings. The van der Waals surface area contributed by atoms with Gasteiger partial charge in [-0.15, -0.1) is 0 Å². The lowest BCUT2D eigenvalue weighted by Gasteiger charge is -2.46. The number of hydrazine groups is 1. The average molecular weight is 531 g/mol. The van der Waals surface area contributed by atoms with Crippen LogP contribution in [0.25, 0.3) is 5.57 Å². The second-order valence-corrected chi connectivity index (χ2v) is 11.2. The van der Waals surface area contributed by atoms with Crippen LogP contribution in [0.2, 0.25) is 0 Å². The highest BCUT2D eigenvalue weighted by atomic mass is 19.3. The van der Waals surface area contributed by atoms with Crippen molar-refractivity contribution >= 4 is 17.1 Å². The van der Waals surface area contributed by atoms with Crippen LogP contribution in [0.15, 0.2) is 29.6 Å². The lowest BCUT2D eigenvalue weighted by atomic mass is 9.92. The Bertz CT molecular complexity index is 1160. The molecule has 4 N–H and O–H groups in total. The maximum atomic E-state index is 14.4. The molecule has 0 saturated carbocycles. The monoisotopic (exact) mass is 530 g/mol. The number of fused-ring (bicyclic) bond motifs is 1. The molecule has 10 heteroatoms. The molecule has 8 nitrogen and oxygen atoms in total. The molecule has 0 spiro atoms. The molecule has 0 aliphatic carbocycles. The van der Waals surface area contributed by atoms with Gasteiger partial charge in [0, 0.05) is 50.6 Å². The minimum Gasteiger partial charge on any atom is -0.633 e. The maximum absolute atomic E-state index is 14.4. The predicted octanol–water partition coefficient (Wildman–Crippen LogP) is 3.04. The number of nitrogens with zero attached hydrogens (tertiary/aromatic N) is 4. The average Bonchev–Trinajstić information content (AvgIpc) is 3.26. The van der Waals surface area contributed by atoms with Crippen LogP contribution < -0.4 is 16.4 Å². The van der Waals surface area contributed by atoms with Crippen LogP contribution in [0.5, 0.6) is 0 Å². The minimum atomic E-state index is -2.60. The van der Waals surface area contributed by atoms with E-state index in [0.29, 0.717) is 56.6 Å². The van der Waals surface area contributed by atoms with E-state index in [1.54, 1.807) is 6.07 Å². The van der Waals surface area contributed by atoms with E-state index < -0.39 is 6.43 Å². The molecule has 4 aliphatic rings. The summed E-state index contributed by atoms with van der Waals surface area (Å²) in [5.74, 6) is 0.529. The lowest BCUT2D eigenvalue weighted by Crippen LogP contribution is -2.52. The molecule has 1 aromatic rings. The van der Waals surface area contributed by atoms with Crippen molar-refractivity contribution in [2.45, 2.75) is 51.5 Å². The van der Waals surface area contributed by atoms with Crippen LogP contribution in [0.4, 0.5) is 14.5 Å². The molecule has 1 saturated heterocycles. The molecule has 5 rings (SSSR count). The van der Waals surface area contributed by atoms with E-state index in [9.17, 15) is 14.0 Å². The molecule has 0 aromatic heterocycles. The Labute approximate surface area is 224 Å². The van der Waals surface area contributed by atoms with Crippen LogP contribution >= 0.6 is 0 Å². The molecule has 38 heavy (non-hydrogen) atoms. The highest BCUT2D eigenvalue weighted by molar-refractivity contribution is 5.95. The van der Waals surface area contributed by atoms with E-state index in [-0.39, 0.29) is 10.2 Å². The summed E-state index contributed by atoms with van der Waals surface area (Å²) in [5, 5.41) is 24.5. The fourth-order valence-electron chi connectivity index (χ4n) is 6.20. The van der Waals surface area contributed by atoms with E-state index in [4.69, 9.17) is 5.73 Å². The van der Waals surface area contributed by atoms with Crippen molar-refractivity contribution < 1.29 is 18.0 Å². The third kappa shape index (κ3) is 5.32. The van der Waals surface area contributed by atoms with Gasteiger partial charge in [-0.2, -0.15) is 0 Å². The Kier molecular flexibility index (Phi) is 7.77. The van der Waals surface area contributed by atoms with Crippen LogP contribution in [0.1, 0.15) is 55.7 Å². The number of nitrogens with two attached hydrogens (primary N) is 1. The second kappa shape index (κ2) is 10.9. The van der Waals surface area contributed by atoms with Crippen LogP contribution in [-0.2, 0) is 6.42 Å². The number of alkyl halides is 2. The van der Waals surface area contributed by atoms with E-state index in [1.165, 1.54) is 0 Å². The Morgan fingerprint density at radius 2 is 2.03 bits per heavy atom. The third-order valence-electron chi connectivity index (χ3n) is 8.70. The SMILES string of the molecule is CC[N+]1([O-])CCC(NC2CCNCC2)=C(C(N)=[N+]2CCCc3cc(C4=CN(C)N(C)C4)c(C(F)F)cc32)C1. The number of nitrogens with one attached hydrogen (secondary N) is 2. The molecule has 0 bridgehead atoms. The molecule has 4 heterocycles. The zero-order valence-electron chi connectivity index (χ0n) is 22.9. The predicted molar refractivity (Wildman–Crippen MR) is 147 cm³/mol. The molecular formula is C28H42F2N7O+. The van der Waals surface area contributed by atoms with Crippen LogP contribution in [0, 0.1) is 5.21 Å². The fourth-order valence-corrected chi connectivity index (χ4v) is 6.20. The van der Waals surface area contributed by atoms with Gasteiger partial charge in [0.15, 0.2) is 0 Å². The first-order chi connectivity index (χ1) is 18.2. The normalized spacial score (nSPS) is 26.6. The fraction of sp³-hybridized carbons (Fsp3) is 0.607. The van der Waals surface area contributed by atoms with Crippen LogP contribution in [-0.4, -0.2) is 91.0 Å². The maximum Gasteiger partial charge on any atom is 0.283 e. The van der Waals surface area contributed by atoms with Gasteiger partial charge in [0.1, 0.15) is 17.8 Å². The smallest absolute Gasteiger partial charge is 0.283 e. The van der Waals surface area contributed by atoms with E-state index in [0.717, 1.165) is 66.9 Å². The Hall–Kier alpha value is -2.53. The first-order valence-corrected chi connectivity index (χ1v) is 14.0. The quantitative estimate of drug-likeness (QED) is 0.227. The number of benzene rings is 1. The minimum absolute atomic E-state index is 0.0339. The van der Waals surface area contributed by atoms with Crippen molar-refractivity contribution in [2.24, 2.45) is 5.73 Å². The largest absolute Gasteiger partial charge is 0.633 e. The van der Waals surface area contributed by atoms with Gasteiger partial charge in [-0.05, 0) is 74.5 Å². The summed E-state index contributed by atoms with van der Waals surface area (Å²) in [5.41, 5.74) is 12.1. The number of amidine groups is 1. The molecule has 1 unspecified atom stereocenters. The summed E-state index contributed by atoms with van der Waals surface area (Å²) in [7, 11) is 3.86. The topological polar surface area (TPSA) is 82.6 Å². The second-order valence-electron chi connectivity index (χ2n) is 11.2. The Morgan fingerprint density at radius 1 is 1.26 bits per heavy atom. The first kappa shape index (κ1) is 27.1. The molecule has 1 aromatic carbocycles.